The van der Waals surface area contributed by atoms with Crippen molar-refractivity contribution in [3.8, 4) is 5.75 Å². The summed E-state index contributed by atoms with van der Waals surface area (Å²) >= 11 is 0. The standard InChI is InChI=1S/C13H17F2NO/c1-8-2-5-11(16)13(6-8)17-12-7-9(14)3-4-10(12)15/h3-4,7-8,11,13H,2,5-6,16H2,1H3. The molecule has 0 radical (unpaired) electrons. The lowest BCUT2D eigenvalue weighted by Crippen LogP contribution is -2.43. The van der Waals surface area contributed by atoms with Gasteiger partial charge in [-0.2, -0.15) is 0 Å². The Morgan fingerprint density at radius 1 is 1.29 bits per heavy atom. The molecule has 0 heterocycles. The fourth-order valence-corrected chi connectivity index (χ4v) is 2.22. The second kappa shape index (κ2) is 5.00. The molecule has 0 bridgehead atoms. The van der Waals surface area contributed by atoms with Gasteiger partial charge in [-0.05, 0) is 37.3 Å². The smallest absolute Gasteiger partial charge is 0.165 e. The average molecular weight is 241 g/mol. The second-order valence-electron chi connectivity index (χ2n) is 4.81. The van der Waals surface area contributed by atoms with E-state index in [1.165, 1.54) is 0 Å². The van der Waals surface area contributed by atoms with Crippen molar-refractivity contribution < 1.29 is 13.5 Å². The Hall–Kier alpha value is -1.16. The highest BCUT2D eigenvalue weighted by Gasteiger charge is 2.28. The van der Waals surface area contributed by atoms with Gasteiger partial charge in [0.2, 0.25) is 0 Å². The number of hydrogen-bond donors (Lipinski definition) is 1. The van der Waals surface area contributed by atoms with Crippen LogP contribution in [0.4, 0.5) is 8.78 Å². The highest BCUT2D eigenvalue weighted by atomic mass is 19.1. The molecule has 4 heteroatoms. The molecule has 1 saturated carbocycles. The van der Waals surface area contributed by atoms with Crippen LogP contribution in [0.2, 0.25) is 0 Å². The first-order valence-electron chi connectivity index (χ1n) is 5.93. The largest absolute Gasteiger partial charge is 0.486 e. The van der Waals surface area contributed by atoms with E-state index in [9.17, 15) is 8.78 Å². The number of halogens is 2. The Morgan fingerprint density at radius 3 is 2.82 bits per heavy atom. The Labute approximate surface area is 99.8 Å². The molecule has 0 aliphatic heterocycles. The van der Waals surface area contributed by atoms with Crippen LogP contribution in [0.3, 0.4) is 0 Å². The molecule has 1 fully saturated rings. The molecule has 17 heavy (non-hydrogen) atoms. The van der Waals surface area contributed by atoms with Crippen LogP contribution in [0.15, 0.2) is 18.2 Å². The molecule has 3 unspecified atom stereocenters. The van der Waals surface area contributed by atoms with E-state index in [0.717, 1.165) is 37.5 Å². The van der Waals surface area contributed by atoms with Gasteiger partial charge in [0.05, 0.1) is 0 Å². The fraction of sp³-hybridized carbons (Fsp3) is 0.538. The monoisotopic (exact) mass is 241 g/mol. The van der Waals surface area contributed by atoms with E-state index in [4.69, 9.17) is 10.5 Å². The van der Waals surface area contributed by atoms with Crippen molar-refractivity contribution in [3.63, 3.8) is 0 Å². The summed E-state index contributed by atoms with van der Waals surface area (Å²) in [6.45, 7) is 2.12. The van der Waals surface area contributed by atoms with Gasteiger partial charge in [-0.3, -0.25) is 0 Å². The predicted octanol–water partition coefficient (Wildman–Crippen LogP) is 2.86. The molecule has 1 aromatic rings. The molecule has 2 rings (SSSR count). The van der Waals surface area contributed by atoms with Gasteiger partial charge in [-0.15, -0.1) is 0 Å². The molecule has 1 aliphatic rings. The Morgan fingerprint density at radius 2 is 2.06 bits per heavy atom. The van der Waals surface area contributed by atoms with Gasteiger partial charge < -0.3 is 10.5 Å². The molecule has 2 nitrogen and oxygen atoms in total. The number of rotatable bonds is 2. The number of ether oxygens (including phenoxy) is 1. The summed E-state index contributed by atoms with van der Waals surface area (Å²) in [6.07, 6.45) is 2.49. The quantitative estimate of drug-likeness (QED) is 0.864. The van der Waals surface area contributed by atoms with E-state index in [0.29, 0.717) is 5.92 Å². The van der Waals surface area contributed by atoms with Crippen LogP contribution in [-0.4, -0.2) is 12.1 Å². The highest BCUT2D eigenvalue weighted by Crippen LogP contribution is 2.28. The maximum atomic E-state index is 13.4. The van der Waals surface area contributed by atoms with Gasteiger partial charge in [0.1, 0.15) is 11.9 Å². The molecule has 3 atom stereocenters. The minimum absolute atomic E-state index is 0.0421. The predicted molar refractivity (Wildman–Crippen MR) is 61.8 cm³/mol. The summed E-state index contributed by atoms with van der Waals surface area (Å²) in [4.78, 5) is 0. The van der Waals surface area contributed by atoms with Crippen LogP contribution < -0.4 is 10.5 Å². The Bertz CT molecular complexity index is 397. The number of nitrogens with two attached hydrogens (primary N) is 1. The van der Waals surface area contributed by atoms with Crippen LogP contribution in [0, 0.1) is 17.6 Å². The molecule has 94 valence electrons. The minimum atomic E-state index is -0.545. The Balaban J connectivity index is 2.11. The molecule has 1 aliphatic carbocycles. The molecule has 0 spiro atoms. The highest BCUT2D eigenvalue weighted by molar-refractivity contribution is 5.25. The number of hydrogen-bond acceptors (Lipinski definition) is 2. The second-order valence-corrected chi connectivity index (χ2v) is 4.81. The minimum Gasteiger partial charge on any atom is -0.486 e. The van der Waals surface area contributed by atoms with Gasteiger partial charge in [0, 0.05) is 12.1 Å². The van der Waals surface area contributed by atoms with E-state index < -0.39 is 11.6 Å². The van der Waals surface area contributed by atoms with Crippen molar-refractivity contribution in [2.24, 2.45) is 11.7 Å². The first-order chi connectivity index (χ1) is 8.06. The van der Waals surface area contributed by atoms with Crippen LogP contribution in [-0.2, 0) is 0 Å². The van der Waals surface area contributed by atoms with Crippen molar-refractivity contribution in [1.29, 1.82) is 0 Å². The lowest BCUT2D eigenvalue weighted by atomic mass is 9.85. The fourth-order valence-electron chi connectivity index (χ4n) is 2.22. The zero-order valence-electron chi connectivity index (χ0n) is 9.83. The normalized spacial score (nSPS) is 29.1. The SMILES string of the molecule is CC1CCC(N)C(Oc2cc(F)ccc2F)C1. The van der Waals surface area contributed by atoms with Crippen molar-refractivity contribution in [3.05, 3.63) is 29.8 Å². The summed E-state index contributed by atoms with van der Waals surface area (Å²) in [6, 6.07) is 3.11. The molecule has 1 aromatic carbocycles. The molecular weight excluding hydrogens is 224 g/mol. The third-order valence-corrected chi connectivity index (χ3v) is 3.28. The lowest BCUT2D eigenvalue weighted by molar-refractivity contribution is 0.103. The third kappa shape index (κ3) is 2.94. The molecule has 0 saturated heterocycles. The Kier molecular flexibility index (Phi) is 3.62. The van der Waals surface area contributed by atoms with Crippen LogP contribution in [0.25, 0.3) is 0 Å². The van der Waals surface area contributed by atoms with E-state index in [1.807, 2.05) is 0 Å². The van der Waals surface area contributed by atoms with E-state index in [1.54, 1.807) is 0 Å². The molecule has 2 N–H and O–H groups in total. The molecule has 0 amide bonds. The van der Waals surface area contributed by atoms with Gasteiger partial charge >= 0.3 is 0 Å². The third-order valence-electron chi connectivity index (χ3n) is 3.28. The zero-order chi connectivity index (χ0) is 12.4. The van der Waals surface area contributed by atoms with Crippen molar-refractivity contribution in [1.82, 2.24) is 0 Å². The van der Waals surface area contributed by atoms with E-state index >= 15 is 0 Å². The van der Waals surface area contributed by atoms with Crippen molar-refractivity contribution >= 4 is 0 Å². The first-order valence-corrected chi connectivity index (χ1v) is 5.93. The number of benzene rings is 1. The van der Waals surface area contributed by atoms with E-state index in [-0.39, 0.29) is 17.9 Å². The van der Waals surface area contributed by atoms with Crippen LogP contribution in [0.5, 0.6) is 5.75 Å². The van der Waals surface area contributed by atoms with Gasteiger partial charge in [-0.25, -0.2) is 8.78 Å². The van der Waals surface area contributed by atoms with E-state index in [2.05, 4.69) is 6.92 Å². The first kappa shape index (κ1) is 12.3. The zero-order valence-corrected chi connectivity index (χ0v) is 9.83. The summed E-state index contributed by atoms with van der Waals surface area (Å²) in [5.74, 6) is -0.577. The van der Waals surface area contributed by atoms with Crippen molar-refractivity contribution in [2.75, 3.05) is 0 Å². The summed E-state index contributed by atoms with van der Waals surface area (Å²) in [5, 5.41) is 0. The molecule has 0 aromatic heterocycles. The van der Waals surface area contributed by atoms with Crippen LogP contribution >= 0.6 is 0 Å². The van der Waals surface area contributed by atoms with Gasteiger partial charge in [-0.1, -0.05) is 6.92 Å². The maximum absolute atomic E-state index is 13.4. The lowest BCUT2D eigenvalue weighted by Gasteiger charge is -2.32. The summed E-state index contributed by atoms with van der Waals surface area (Å²) in [7, 11) is 0. The maximum Gasteiger partial charge on any atom is 0.165 e. The average Bonchev–Trinajstić information content (AvgIpc) is 2.28. The van der Waals surface area contributed by atoms with Gasteiger partial charge in [0.25, 0.3) is 0 Å². The molecular formula is C13H17F2NO. The van der Waals surface area contributed by atoms with Crippen LogP contribution in [0.1, 0.15) is 26.2 Å². The van der Waals surface area contributed by atoms with Crippen molar-refractivity contribution in [2.45, 2.75) is 38.3 Å². The topological polar surface area (TPSA) is 35.2 Å². The van der Waals surface area contributed by atoms with Gasteiger partial charge in [0.15, 0.2) is 11.6 Å². The summed E-state index contributed by atoms with van der Waals surface area (Å²) < 4.78 is 31.9. The summed E-state index contributed by atoms with van der Waals surface area (Å²) in [5.41, 5.74) is 5.94.